The average molecular weight is 287 g/mol. The van der Waals surface area contributed by atoms with Crippen molar-refractivity contribution in [1.82, 2.24) is 4.90 Å². The van der Waals surface area contributed by atoms with Crippen molar-refractivity contribution in [2.75, 3.05) is 13.1 Å². The van der Waals surface area contributed by atoms with Crippen molar-refractivity contribution in [3.05, 3.63) is 34.9 Å². The normalized spacial score (nSPS) is 16.1. The average Bonchev–Trinajstić information content (AvgIpc) is 2.90. The number of carbonyl (C=O) groups is 1. The summed E-state index contributed by atoms with van der Waals surface area (Å²) in [6, 6.07) is 6.76. The van der Waals surface area contributed by atoms with Gasteiger partial charge in [0.2, 0.25) is 0 Å². The fourth-order valence-corrected chi connectivity index (χ4v) is 3.48. The first-order valence-electron chi connectivity index (χ1n) is 8.32. The molecule has 1 aliphatic rings. The van der Waals surface area contributed by atoms with Crippen LogP contribution < -0.4 is 0 Å². The lowest BCUT2D eigenvalue weighted by atomic mass is 10.0. The van der Waals surface area contributed by atoms with Gasteiger partial charge >= 0.3 is 0 Å². The van der Waals surface area contributed by atoms with Gasteiger partial charge in [-0.25, -0.2) is 0 Å². The highest BCUT2D eigenvalue weighted by molar-refractivity contribution is 5.99. The molecule has 1 aromatic carbocycles. The number of benzene rings is 1. The van der Waals surface area contributed by atoms with Crippen LogP contribution in [0.15, 0.2) is 18.2 Å². The Hall–Kier alpha value is -1.15. The predicted octanol–water partition coefficient (Wildman–Crippen LogP) is 4.39. The lowest BCUT2D eigenvalue weighted by molar-refractivity contribution is 0.0876. The number of Topliss-reactive ketones (excluding diaryl/α,β-unsaturated/α-hetero) is 1. The largest absolute Gasteiger partial charge is 0.293 e. The molecule has 1 aromatic rings. The molecule has 0 amide bonds. The lowest BCUT2D eigenvalue weighted by Gasteiger charge is -2.30. The summed E-state index contributed by atoms with van der Waals surface area (Å²) in [5.41, 5.74) is 3.22. The lowest BCUT2D eigenvalue weighted by Crippen LogP contribution is -2.40. The summed E-state index contributed by atoms with van der Waals surface area (Å²) in [5.74, 6) is 0.887. The number of hydrogen-bond donors (Lipinski definition) is 0. The molecule has 1 fully saturated rings. The van der Waals surface area contributed by atoms with Gasteiger partial charge in [-0.3, -0.25) is 9.69 Å². The van der Waals surface area contributed by atoms with E-state index in [1.54, 1.807) is 0 Å². The molecular formula is C19H29NO. The zero-order chi connectivity index (χ0) is 15.4. The van der Waals surface area contributed by atoms with Crippen LogP contribution in [-0.4, -0.2) is 29.8 Å². The van der Waals surface area contributed by atoms with Crippen molar-refractivity contribution in [2.45, 2.75) is 59.4 Å². The minimum atomic E-state index is 0.278. The SMILES string of the molecule is Cc1ccc(C(=O)CN(CC(C)C)C2CCCC2)c(C)c1. The van der Waals surface area contributed by atoms with E-state index in [4.69, 9.17) is 0 Å². The number of carbonyl (C=O) groups excluding carboxylic acids is 1. The molecule has 0 heterocycles. The molecule has 0 unspecified atom stereocenters. The molecule has 21 heavy (non-hydrogen) atoms. The third-order valence-electron chi connectivity index (χ3n) is 4.47. The molecule has 1 saturated carbocycles. The number of ketones is 1. The summed E-state index contributed by atoms with van der Waals surface area (Å²) in [7, 11) is 0. The molecule has 1 aliphatic carbocycles. The highest BCUT2D eigenvalue weighted by atomic mass is 16.1. The van der Waals surface area contributed by atoms with Crippen LogP contribution in [0.4, 0.5) is 0 Å². The summed E-state index contributed by atoms with van der Waals surface area (Å²) in [4.78, 5) is 15.1. The topological polar surface area (TPSA) is 20.3 Å². The number of rotatable bonds is 6. The van der Waals surface area contributed by atoms with Crippen molar-refractivity contribution in [1.29, 1.82) is 0 Å². The standard InChI is InChI=1S/C19H29NO/c1-14(2)12-20(17-7-5-6-8-17)13-19(21)18-10-9-15(3)11-16(18)4/h9-11,14,17H,5-8,12-13H2,1-4H3. The smallest absolute Gasteiger partial charge is 0.177 e. The Bertz CT molecular complexity index is 486. The molecule has 0 spiro atoms. The summed E-state index contributed by atoms with van der Waals surface area (Å²) in [6.45, 7) is 10.2. The molecule has 0 bridgehead atoms. The Labute approximate surface area is 129 Å². The molecule has 0 N–H and O–H groups in total. The first-order valence-corrected chi connectivity index (χ1v) is 8.32. The van der Waals surface area contributed by atoms with Crippen LogP contribution in [0.1, 0.15) is 61.0 Å². The molecule has 0 aromatic heterocycles. The second kappa shape index (κ2) is 7.22. The van der Waals surface area contributed by atoms with Gasteiger partial charge in [-0.1, -0.05) is 50.5 Å². The van der Waals surface area contributed by atoms with E-state index in [1.807, 2.05) is 19.1 Å². The molecular weight excluding hydrogens is 258 g/mol. The zero-order valence-corrected chi connectivity index (χ0v) is 14.0. The van der Waals surface area contributed by atoms with E-state index in [1.165, 1.54) is 31.2 Å². The minimum Gasteiger partial charge on any atom is -0.293 e. The first kappa shape index (κ1) is 16.2. The number of nitrogens with zero attached hydrogens (tertiary/aromatic N) is 1. The van der Waals surface area contributed by atoms with Crippen LogP contribution in [0.2, 0.25) is 0 Å². The summed E-state index contributed by atoms with van der Waals surface area (Å²) < 4.78 is 0. The number of aryl methyl sites for hydroxylation is 2. The maximum absolute atomic E-state index is 12.7. The molecule has 2 nitrogen and oxygen atoms in total. The molecule has 116 valence electrons. The first-order chi connectivity index (χ1) is 9.97. The molecule has 0 atom stereocenters. The minimum absolute atomic E-state index is 0.278. The maximum atomic E-state index is 12.7. The second-order valence-electron chi connectivity index (χ2n) is 7.00. The van der Waals surface area contributed by atoms with E-state index in [9.17, 15) is 4.79 Å². The van der Waals surface area contributed by atoms with Crippen LogP contribution >= 0.6 is 0 Å². The second-order valence-corrected chi connectivity index (χ2v) is 7.00. The third kappa shape index (κ3) is 4.41. The molecule has 0 aliphatic heterocycles. The van der Waals surface area contributed by atoms with Crippen LogP contribution in [0.3, 0.4) is 0 Å². The van der Waals surface area contributed by atoms with E-state index < -0.39 is 0 Å². The van der Waals surface area contributed by atoms with Gasteiger partial charge in [0.15, 0.2) is 5.78 Å². The van der Waals surface area contributed by atoms with Gasteiger partial charge in [0, 0.05) is 18.2 Å². The van der Waals surface area contributed by atoms with Crippen LogP contribution in [0, 0.1) is 19.8 Å². The van der Waals surface area contributed by atoms with Gasteiger partial charge < -0.3 is 0 Å². The zero-order valence-electron chi connectivity index (χ0n) is 14.0. The van der Waals surface area contributed by atoms with Crippen LogP contribution in [0.5, 0.6) is 0 Å². The van der Waals surface area contributed by atoms with E-state index in [0.29, 0.717) is 18.5 Å². The summed E-state index contributed by atoms with van der Waals surface area (Å²) >= 11 is 0. The Morgan fingerprint density at radius 2 is 1.90 bits per heavy atom. The Balaban J connectivity index is 2.09. The van der Waals surface area contributed by atoms with Gasteiger partial charge in [0.25, 0.3) is 0 Å². The van der Waals surface area contributed by atoms with Gasteiger partial charge in [0.1, 0.15) is 0 Å². The van der Waals surface area contributed by atoms with Crippen LogP contribution in [0.25, 0.3) is 0 Å². The van der Waals surface area contributed by atoms with Gasteiger partial charge in [-0.05, 0) is 38.2 Å². The fraction of sp³-hybridized carbons (Fsp3) is 0.632. The van der Waals surface area contributed by atoms with Gasteiger partial charge in [-0.15, -0.1) is 0 Å². The van der Waals surface area contributed by atoms with Gasteiger partial charge in [0.05, 0.1) is 6.54 Å². The van der Waals surface area contributed by atoms with E-state index in [2.05, 4.69) is 31.7 Å². The summed E-state index contributed by atoms with van der Waals surface area (Å²) in [5, 5.41) is 0. The van der Waals surface area contributed by atoms with Crippen molar-refractivity contribution in [2.24, 2.45) is 5.92 Å². The monoisotopic (exact) mass is 287 g/mol. The van der Waals surface area contributed by atoms with Crippen LogP contribution in [-0.2, 0) is 0 Å². The third-order valence-corrected chi connectivity index (χ3v) is 4.47. The highest BCUT2D eigenvalue weighted by Gasteiger charge is 2.25. The van der Waals surface area contributed by atoms with Crippen molar-refractivity contribution in [3.8, 4) is 0 Å². The van der Waals surface area contributed by atoms with Crippen molar-refractivity contribution >= 4 is 5.78 Å². The maximum Gasteiger partial charge on any atom is 0.177 e. The van der Waals surface area contributed by atoms with Gasteiger partial charge in [-0.2, -0.15) is 0 Å². The molecule has 0 saturated heterocycles. The Morgan fingerprint density at radius 3 is 2.48 bits per heavy atom. The van der Waals surface area contributed by atoms with E-state index in [-0.39, 0.29) is 5.78 Å². The van der Waals surface area contributed by atoms with Crippen molar-refractivity contribution in [3.63, 3.8) is 0 Å². The fourth-order valence-electron chi connectivity index (χ4n) is 3.48. The summed E-state index contributed by atoms with van der Waals surface area (Å²) in [6.07, 6.45) is 5.15. The Kier molecular flexibility index (Phi) is 5.58. The van der Waals surface area contributed by atoms with E-state index >= 15 is 0 Å². The number of hydrogen-bond acceptors (Lipinski definition) is 2. The van der Waals surface area contributed by atoms with Crippen molar-refractivity contribution < 1.29 is 4.79 Å². The molecule has 2 rings (SSSR count). The Morgan fingerprint density at radius 1 is 1.24 bits per heavy atom. The highest BCUT2D eigenvalue weighted by Crippen LogP contribution is 2.25. The quantitative estimate of drug-likeness (QED) is 0.723. The molecule has 2 heteroatoms. The van der Waals surface area contributed by atoms with E-state index in [0.717, 1.165) is 17.7 Å². The molecule has 0 radical (unpaired) electrons. The predicted molar refractivity (Wildman–Crippen MR) is 88.9 cm³/mol.